The number of para-hydroxylation sites is 1. The van der Waals surface area contributed by atoms with Gasteiger partial charge in [-0.05, 0) is 67.8 Å². The van der Waals surface area contributed by atoms with Crippen LogP contribution in [0.15, 0.2) is 71.9 Å². The molecule has 0 saturated heterocycles. The second-order valence-corrected chi connectivity index (χ2v) is 9.35. The fourth-order valence-electron chi connectivity index (χ4n) is 4.74. The highest BCUT2D eigenvalue weighted by molar-refractivity contribution is 6.06. The molecule has 1 aromatic heterocycles. The molecule has 1 aliphatic rings. The third kappa shape index (κ3) is 4.79. The number of carbonyl (C=O) groups excluding carboxylic acids is 1. The molecule has 2 N–H and O–H groups in total. The molecule has 39 heavy (non-hydrogen) atoms. The largest absolute Gasteiger partial charge is 0.493 e. The molecule has 2 heterocycles. The van der Waals surface area contributed by atoms with Crippen LogP contribution in [0.3, 0.4) is 0 Å². The van der Waals surface area contributed by atoms with Crippen molar-refractivity contribution in [2.24, 2.45) is 0 Å². The molecule has 200 valence electrons. The lowest BCUT2D eigenvalue weighted by atomic mass is 9.94. The lowest BCUT2D eigenvalue weighted by molar-refractivity contribution is -0.113. The smallest absolute Gasteiger partial charge is 0.255 e. The van der Waals surface area contributed by atoms with E-state index in [9.17, 15) is 4.79 Å². The van der Waals surface area contributed by atoms with Crippen molar-refractivity contribution in [2.75, 3.05) is 32.0 Å². The molecule has 5 rings (SSSR count). The molecule has 4 aromatic rings. The molecule has 1 aliphatic heterocycles. The number of carbonyl (C=O) groups is 1. The molecule has 9 heteroatoms. The number of anilines is 2. The summed E-state index contributed by atoms with van der Waals surface area (Å²) in [5.74, 6) is 2.22. The second-order valence-electron chi connectivity index (χ2n) is 9.35. The average molecular weight is 526 g/mol. The van der Waals surface area contributed by atoms with Gasteiger partial charge < -0.3 is 24.8 Å². The highest BCUT2D eigenvalue weighted by Gasteiger charge is 2.36. The Morgan fingerprint density at radius 3 is 2.21 bits per heavy atom. The van der Waals surface area contributed by atoms with Crippen LogP contribution in [0.25, 0.3) is 11.4 Å². The minimum Gasteiger partial charge on any atom is -0.493 e. The predicted octanol–water partition coefficient (Wildman–Crippen LogP) is 5.52. The Hall–Kier alpha value is -4.79. The van der Waals surface area contributed by atoms with E-state index in [1.54, 1.807) is 26.0 Å². The Morgan fingerprint density at radius 2 is 1.59 bits per heavy atom. The van der Waals surface area contributed by atoms with Crippen molar-refractivity contribution in [3.05, 3.63) is 88.6 Å². The van der Waals surface area contributed by atoms with E-state index in [1.807, 2.05) is 55.5 Å². The lowest BCUT2D eigenvalue weighted by Crippen LogP contribution is -2.31. The van der Waals surface area contributed by atoms with Gasteiger partial charge in [-0.15, -0.1) is 5.10 Å². The summed E-state index contributed by atoms with van der Waals surface area (Å²) >= 11 is 0. The van der Waals surface area contributed by atoms with E-state index in [4.69, 9.17) is 24.3 Å². The monoisotopic (exact) mass is 525 g/mol. The van der Waals surface area contributed by atoms with Crippen LogP contribution in [0.1, 0.15) is 29.7 Å². The Morgan fingerprint density at radius 1 is 0.897 bits per heavy atom. The van der Waals surface area contributed by atoms with Crippen molar-refractivity contribution in [3.8, 4) is 28.6 Å². The number of hydrogen-bond donors (Lipinski definition) is 2. The first kappa shape index (κ1) is 25.8. The van der Waals surface area contributed by atoms with Gasteiger partial charge in [0.05, 0.1) is 26.9 Å². The first-order chi connectivity index (χ1) is 18.8. The van der Waals surface area contributed by atoms with Crippen molar-refractivity contribution in [1.29, 1.82) is 0 Å². The zero-order chi connectivity index (χ0) is 27.7. The maximum absolute atomic E-state index is 13.8. The van der Waals surface area contributed by atoms with Crippen molar-refractivity contribution < 1.29 is 19.0 Å². The van der Waals surface area contributed by atoms with E-state index in [2.05, 4.69) is 36.6 Å². The van der Waals surface area contributed by atoms with Gasteiger partial charge in [0.15, 0.2) is 17.3 Å². The van der Waals surface area contributed by atoms with Crippen molar-refractivity contribution in [1.82, 2.24) is 14.8 Å². The lowest BCUT2D eigenvalue weighted by Gasteiger charge is -2.29. The first-order valence-corrected chi connectivity index (χ1v) is 12.5. The molecule has 3 aromatic carbocycles. The zero-order valence-electron chi connectivity index (χ0n) is 22.8. The fraction of sp³-hybridized carbons (Fsp3) is 0.233. The molecule has 1 atom stereocenters. The van der Waals surface area contributed by atoms with Gasteiger partial charge in [-0.25, -0.2) is 4.68 Å². The second kappa shape index (κ2) is 10.5. The molecule has 0 radical (unpaired) electrons. The summed E-state index contributed by atoms with van der Waals surface area (Å²) in [5.41, 5.74) is 5.78. The van der Waals surface area contributed by atoms with Crippen LogP contribution in [-0.2, 0) is 4.79 Å². The molecule has 1 amide bonds. The quantitative estimate of drug-likeness (QED) is 0.328. The maximum atomic E-state index is 13.8. The highest BCUT2D eigenvalue weighted by Crippen LogP contribution is 2.44. The van der Waals surface area contributed by atoms with Gasteiger partial charge in [0, 0.05) is 16.9 Å². The fourth-order valence-corrected chi connectivity index (χ4v) is 4.74. The van der Waals surface area contributed by atoms with Crippen molar-refractivity contribution in [3.63, 3.8) is 0 Å². The van der Waals surface area contributed by atoms with Crippen LogP contribution in [0.5, 0.6) is 17.2 Å². The minimum atomic E-state index is -0.633. The summed E-state index contributed by atoms with van der Waals surface area (Å²) in [6.07, 6.45) is 0. The molecule has 9 nitrogen and oxygen atoms in total. The van der Waals surface area contributed by atoms with E-state index in [1.165, 1.54) is 5.56 Å². The molecular formula is C30H31N5O4. The SMILES string of the molecule is COc1cc(C2C(C(=O)Nc3ccccc3)=C(C)Nc3nc(-c4ccc(C)c(C)c4)nn32)cc(OC)c1OC. The molecule has 1 unspecified atom stereocenters. The van der Waals surface area contributed by atoms with Gasteiger partial charge in [0.2, 0.25) is 11.7 Å². The number of benzene rings is 3. The Labute approximate surface area is 227 Å². The van der Waals surface area contributed by atoms with Gasteiger partial charge in [0.25, 0.3) is 5.91 Å². The Bertz CT molecular complexity index is 1550. The highest BCUT2D eigenvalue weighted by atomic mass is 16.5. The van der Waals surface area contributed by atoms with Gasteiger partial charge in [-0.2, -0.15) is 4.98 Å². The number of rotatable bonds is 7. The number of ether oxygens (including phenoxy) is 3. The summed E-state index contributed by atoms with van der Waals surface area (Å²) in [6.45, 7) is 5.99. The number of nitrogens with zero attached hydrogens (tertiary/aromatic N) is 3. The molecule has 0 spiro atoms. The summed E-state index contributed by atoms with van der Waals surface area (Å²) < 4.78 is 18.5. The van der Waals surface area contributed by atoms with Crippen LogP contribution >= 0.6 is 0 Å². The number of aromatic nitrogens is 3. The third-order valence-electron chi connectivity index (χ3n) is 6.90. The van der Waals surface area contributed by atoms with Crippen molar-refractivity contribution in [2.45, 2.75) is 26.8 Å². The Balaban J connectivity index is 1.68. The number of fused-ring (bicyclic) bond motifs is 1. The number of allylic oxidation sites excluding steroid dienone is 1. The number of aryl methyl sites for hydroxylation is 2. The summed E-state index contributed by atoms with van der Waals surface area (Å²) in [6, 6.07) is 18.5. The number of methoxy groups -OCH3 is 3. The predicted molar refractivity (Wildman–Crippen MR) is 151 cm³/mol. The van der Waals surface area contributed by atoms with Gasteiger partial charge >= 0.3 is 0 Å². The van der Waals surface area contributed by atoms with Gasteiger partial charge in [-0.1, -0.05) is 30.3 Å². The Kier molecular flexibility index (Phi) is 6.98. The van der Waals surface area contributed by atoms with Crippen LogP contribution in [0.4, 0.5) is 11.6 Å². The van der Waals surface area contributed by atoms with Gasteiger partial charge in [-0.3, -0.25) is 4.79 Å². The van der Waals surface area contributed by atoms with E-state index in [0.29, 0.717) is 46.0 Å². The van der Waals surface area contributed by atoms with Crippen LogP contribution in [0.2, 0.25) is 0 Å². The van der Waals surface area contributed by atoms with E-state index in [0.717, 1.165) is 16.7 Å². The van der Waals surface area contributed by atoms with Crippen LogP contribution < -0.4 is 24.8 Å². The molecule has 0 saturated carbocycles. The van der Waals surface area contributed by atoms with Crippen LogP contribution in [0, 0.1) is 13.8 Å². The van der Waals surface area contributed by atoms with Crippen LogP contribution in [-0.4, -0.2) is 42.0 Å². The molecule has 0 bridgehead atoms. The summed E-state index contributed by atoms with van der Waals surface area (Å²) in [4.78, 5) is 18.6. The average Bonchev–Trinajstić information content (AvgIpc) is 3.36. The van der Waals surface area contributed by atoms with E-state index < -0.39 is 6.04 Å². The third-order valence-corrected chi connectivity index (χ3v) is 6.90. The number of amides is 1. The standard InChI is InChI=1S/C30H31N5O4/c1-17-12-13-20(14-18(17)2)28-33-30-31-19(3)25(29(36)32-22-10-8-7-9-11-22)26(35(30)34-28)21-15-23(37-4)27(39-6)24(16-21)38-5/h7-16,26H,1-6H3,(H,32,36)(H,31,33,34). The van der Waals surface area contributed by atoms with E-state index >= 15 is 0 Å². The molecule has 0 fully saturated rings. The first-order valence-electron chi connectivity index (χ1n) is 12.5. The number of hydrogen-bond acceptors (Lipinski definition) is 7. The minimum absolute atomic E-state index is 0.265. The topological polar surface area (TPSA) is 99.5 Å². The maximum Gasteiger partial charge on any atom is 0.255 e. The van der Waals surface area contributed by atoms with E-state index in [-0.39, 0.29) is 5.91 Å². The molecular weight excluding hydrogens is 494 g/mol. The normalized spacial score (nSPS) is 14.4. The van der Waals surface area contributed by atoms with Gasteiger partial charge in [0.1, 0.15) is 6.04 Å². The van der Waals surface area contributed by atoms with Crippen molar-refractivity contribution >= 4 is 17.5 Å². The number of nitrogens with one attached hydrogen (secondary N) is 2. The summed E-state index contributed by atoms with van der Waals surface area (Å²) in [7, 11) is 4.68. The zero-order valence-corrected chi connectivity index (χ0v) is 22.8. The summed E-state index contributed by atoms with van der Waals surface area (Å²) in [5, 5.41) is 11.2. The molecule has 0 aliphatic carbocycles.